The average molecular weight is 657 g/mol. The third-order valence-electron chi connectivity index (χ3n) is 6.87. The molecule has 1 heterocycles. The highest BCUT2D eigenvalue weighted by molar-refractivity contribution is 8.00. The highest BCUT2D eigenvalue weighted by atomic mass is 32.2. The van der Waals surface area contributed by atoms with Crippen molar-refractivity contribution in [1.29, 1.82) is 0 Å². The van der Waals surface area contributed by atoms with Gasteiger partial charge in [-0.25, -0.2) is 4.79 Å². The second-order valence-electron chi connectivity index (χ2n) is 10.3. The molecule has 0 saturated carbocycles. The minimum absolute atomic E-state index is 0.0328. The first kappa shape index (κ1) is 33.4. The van der Waals surface area contributed by atoms with Crippen molar-refractivity contribution in [2.45, 2.75) is 17.1 Å². The van der Waals surface area contributed by atoms with Gasteiger partial charge < -0.3 is 20.7 Å². The van der Waals surface area contributed by atoms with Crippen molar-refractivity contribution >= 4 is 52.9 Å². The summed E-state index contributed by atoms with van der Waals surface area (Å²) in [5.74, 6) is -1.67. The quantitative estimate of drug-likeness (QED) is 0.0740. The highest BCUT2D eigenvalue weighted by Gasteiger charge is 2.23. The SMILES string of the molecule is CCOC(=O)c1ccc(NC(=O)C(Sc2cccc(NC(=O)/C(=C/c3cccnc3)NC(=O)c3ccccc3)c2)c2ccccc2)cc1. The summed E-state index contributed by atoms with van der Waals surface area (Å²) in [5, 5.41) is 7.89. The van der Waals surface area contributed by atoms with Gasteiger partial charge >= 0.3 is 5.97 Å². The molecule has 0 aliphatic rings. The molecule has 10 heteroatoms. The molecule has 0 aliphatic heterocycles. The number of amides is 3. The number of ether oxygens (including phenoxy) is 1. The minimum atomic E-state index is -0.645. The monoisotopic (exact) mass is 656 g/mol. The van der Waals surface area contributed by atoms with Gasteiger partial charge in [-0.05, 0) is 84.8 Å². The summed E-state index contributed by atoms with van der Waals surface area (Å²) in [7, 11) is 0. The van der Waals surface area contributed by atoms with Gasteiger partial charge in [0.1, 0.15) is 10.9 Å². The summed E-state index contributed by atoms with van der Waals surface area (Å²) in [6, 6.07) is 35.1. The lowest BCUT2D eigenvalue weighted by Gasteiger charge is -2.18. The van der Waals surface area contributed by atoms with Gasteiger partial charge in [-0.15, -0.1) is 11.8 Å². The van der Waals surface area contributed by atoms with Crippen LogP contribution < -0.4 is 16.0 Å². The highest BCUT2D eigenvalue weighted by Crippen LogP contribution is 2.37. The predicted octanol–water partition coefficient (Wildman–Crippen LogP) is 7.14. The van der Waals surface area contributed by atoms with Crippen LogP contribution in [0.15, 0.2) is 144 Å². The molecule has 1 unspecified atom stereocenters. The van der Waals surface area contributed by atoms with Crippen molar-refractivity contribution in [3.05, 3.63) is 162 Å². The summed E-state index contributed by atoms with van der Waals surface area (Å²) in [5.41, 5.74) is 3.24. The Morgan fingerprint density at radius 2 is 1.50 bits per heavy atom. The molecular weight excluding hydrogens is 625 g/mol. The lowest BCUT2D eigenvalue weighted by atomic mass is 10.1. The number of benzene rings is 4. The van der Waals surface area contributed by atoms with E-state index in [1.807, 2.05) is 36.4 Å². The summed E-state index contributed by atoms with van der Waals surface area (Å²) in [4.78, 5) is 57.0. The van der Waals surface area contributed by atoms with E-state index in [1.165, 1.54) is 11.8 Å². The number of rotatable bonds is 12. The first-order valence-electron chi connectivity index (χ1n) is 15.1. The number of anilines is 2. The fourth-order valence-corrected chi connectivity index (χ4v) is 5.65. The van der Waals surface area contributed by atoms with Gasteiger partial charge in [0.05, 0.1) is 12.2 Å². The molecular formula is C38H32N4O5S. The van der Waals surface area contributed by atoms with Gasteiger partial charge in [-0.1, -0.05) is 60.7 Å². The summed E-state index contributed by atoms with van der Waals surface area (Å²) >= 11 is 1.31. The van der Waals surface area contributed by atoms with Crippen LogP contribution in [-0.4, -0.2) is 35.3 Å². The van der Waals surface area contributed by atoms with Gasteiger partial charge in [-0.3, -0.25) is 19.4 Å². The Morgan fingerprint density at radius 1 is 0.771 bits per heavy atom. The fourth-order valence-electron chi connectivity index (χ4n) is 4.56. The zero-order valence-electron chi connectivity index (χ0n) is 26.0. The summed E-state index contributed by atoms with van der Waals surface area (Å²) in [6.07, 6.45) is 4.76. The maximum Gasteiger partial charge on any atom is 0.338 e. The van der Waals surface area contributed by atoms with Gasteiger partial charge in [0, 0.05) is 34.2 Å². The van der Waals surface area contributed by atoms with E-state index >= 15 is 0 Å². The van der Waals surface area contributed by atoms with Crippen LogP contribution in [0.25, 0.3) is 6.08 Å². The van der Waals surface area contributed by atoms with Crippen LogP contribution in [0.1, 0.15) is 44.0 Å². The van der Waals surface area contributed by atoms with Gasteiger partial charge in [-0.2, -0.15) is 0 Å². The molecule has 3 amide bonds. The Balaban J connectivity index is 1.34. The van der Waals surface area contributed by atoms with Crippen LogP contribution in [0.2, 0.25) is 0 Å². The molecule has 0 radical (unpaired) electrons. The third-order valence-corrected chi connectivity index (χ3v) is 8.12. The van der Waals surface area contributed by atoms with Crippen LogP contribution in [0.3, 0.4) is 0 Å². The number of pyridine rings is 1. The Morgan fingerprint density at radius 3 is 2.19 bits per heavy atom. The number of carbonyl (C=O) groups excluding carboxylic acids is 4. The van der Waals surface area contributed by atoms with Crippen LogP contribution in [-0.2, 0) is 14.3 Å². The van der Waals surface area contributed by atoms with E-state index in [4.69, 9.17) is 4.74 Å². The maximum absolute atomic E-state index is 13.6. The number of nitrogens with one attached hydrogen (secondary N) is 3. The van der Waals surface area contributed by atoms with E-state index in [2.05, 4.69) is 20.9 Å². The first-order chi connectivity index (χ1) is 23.4. The van der Waals surface area contributed by atoms with Gasteiger partial charge in [0.25, 0.3) is 11.8 Å². The lowest BCUT2D eigenvalue weighted by molar-refractivity contribution is -0.116. The standard InChI is InChI=1S/C38H32N4O5S/c1-2-47-38(46)29-18-20-30(21-19-29)40-37(45)34(27-12-5-3-6-13-27)48-32-17-9-16-31(24-32)41-36(44)33(23-26-11-10-22-39-25-26)42-35(43)28-14-7-4-8-15-28/h3-25,34H,2H2,1H3,(H,40,45)(H,41,44)(H,42,43)/b33-23-. The molecule has 1 atom stereocenters. The smallest absolute Gasteiger partial charge is 0.338 e. The third kappa shape index (κ3) is 9.27. The van der Waals surface area contributed by atoms with Crippen molar-refractivity contribution in [1.82, 2.24) is 10.3 Å². The lowest BCUT2D eigenvalue weighted by Crippen LogP contribution is -2.30. The van der Waals surface area contributed by atoms with E-state index in [0.29, 0.717) is 28.1 Å². The number of carbonyl (C=O) groups is 4. The van der Waals surface area contributed by atoms with Crippen molar-refractivity contribution in [3.8, 4) is 0 Å². The molecule has 0 bridgehead atoms. The second kappa shape index (κ2) is 16.5. The van der Waals surface area contributed by atoms with Crippen LogP contribution >= 0.6 is 11.8 Å². The molecule has 0 spiro atoms. The Bertz CT molecular complexity index is 1900. The second-order valence-corrected chi connectivity index (χ2v) is 11.5. The number of hydrogen-bond acceptors (Lipinski definition) is 7. The zero-order valence-corrected chi connectivity index (χ0v) is 26.8. The topological polar surface area (TPSA) is 126 Å². The van der Waals surface area contributed by atoms with E-state index in [0.717, 1.165) is 10.5 Å². The Hall–Kier alpha value is -6.00. The molecule has 48 heavy (non-hydrogen) atoms. The van der Waals surface area contributed by atoms with Gasteiger partial charge in [0.2, 0.25) is 5.91 Å². The van der Waals surface area contributed by atoms with E-state index in [1.54, 1.807) is 110 Å². The largest absolute Gasteiger partial charge is 0.462 e. The van der Waals surface area contributed by atoms with Crippen molar-refractivity contribution in [2.75, 3.05) is 17.2 Å². The molecule has 1 aromatic heterocycles. The molecule has 4 aromatic carbocycles. The predicted molar refractivity (Wildman–Crippen MR) is 187 cm³/mol. The number of aromatic nitrogens is 1. The van der Waals surface area contributed by atoms with Crippen LogP contribution in [0.5, 0.6) is 0 Å². The normalized spacial score (nSPS) is 11.6. The molecule has 9 nitrogen and oxygen atoms in total. The minimum Gasteiger partial charge on any atom is -0.462 e. The fraction of sp³-hybridized carbons (Fsp3) is 0.0789. The van der Waals surface area contributed by atoms with Crippen LogP contribution in [0.4, 0.5) is 11.4 Å². The Labute approximate surface area is 282 Å². The number of nitrogens with zero attached hydrogens (tertiary/aromatic N) is 1. The van der Waals surface area contributed by atoms with Crippen molar-refractivity contribution in [2.24, 2.45) is 0 Å². The summed E-state index contributed by atoms with van der Waals surface area (Å²) < 4.78 is 5.04. The van der Waals surface area contributed by atoms with Crippen molar-refractivity contribution < 1.29 is 23.9 Å². The molecule has 3 N–H and O–H groups in total. The average Bonchev–Trinajstić information content (AvgIpc) is 3.12. The summed E-state index contributed by atoms with van der Waals surface area (Å²) in [6.45, 7) is 2.01. The number of thioether (sulfide) groups is 1. The van der Waals surface area contributed by atoms with Crippen LogP contribution in [0, 0.1) is 0 Å². The van der Waals surface area contributed by atoms with E-state index in [9.17, 15) is 19.2 Å². The van der Waals surface area contributed by atoms with Gasteiger partial charge in [0.15, 0.2) is 0 Å². The van der Waals surface area contributed by atoms with E-state index in [-0.39, 0.29) is 18.2 Å². The molecule has 0 saturated heterocycles. The first-order valence-corrected chi connectivity index (χ1v) is 16.0. The molecule has 5 aromatic rings. The number of hydrogen-bond donors (Lipinski definition) is 3. The number of esters is 1. The zero-order chi connectivity index (χ0) is 33.7. The maximum atomic E-state index is 13.6. The molecule has 240 valence electrons. The molecule has 0 aliphatic carbocycles. The molecule has 5 rings (SSSR count). The Kier molecular flexibility index (Phi) is 11.5. The van der Waals surface area contributed by atoms with Crippen molar-refractivity contribution in [3.63, 3.8) is 0 Å². The van der Waals surface area contributed by atoms with E-state index < -0.39 is 23.0 Å². The molecule has 0 fully saturated rings.